The zero-order chi connectivity index (χ0) is 16.7. The van der Waals surface area contributed by atoms with E-state index in [1.807, 2.05) is 49.4 Å². The van der Waals surface area contributed by atoms with E-state index in [1.54, 1.807) is 13.2 Å². The van der Waals surface area contributed by atoms with Crippen LogP contribution < -0.4 is 14.8 Å². The van der Waals surface area contributed by atoms with E-state index in [9.17, 15) is 4.79 Å². The fraction of sp³-hybridized carbons (Fsp3) is 0.167. The number of hydrogen-bond donors (Lipinski definition) is 1. The van der Waals surface area contributed by atoms with Gasteiger partial charge in [0.1, 0.15) is 0 Å². The van der Waals surface area contributed by atoms with Crippen molar-refractivity contribution in [1.82, 2.24) is 0 Å². The second kappa shape index (κ2) is 8.57. The maximum atomic E-state index is 11.9. The molecular formula is C18H18INO3. The van der Waals surface area contributed by atoms with Crippen molar-refractivity contribution in [2.24, 2.45) is 0 Å². The minimum Gasteiger partial charge on any atom is -0.493 e. The molecule has 2 aromatic rings. The van der Waals surface area contributed by atoms with Gasteiger partial charge in [-0.2, -0.15) is 0 Å². The summed E-state index contributed by atoms with van der Waals surface area (Å²) in [5.74, 6) is 1.15. The van der Waals surface area contributed by atoms with E-state index >= 15 is 0 Å². The molecule has 0 aliphatic rings. The van der Waals surface area contributed by atoms with Gasteiger partial charge in [-0.15, -0.1) is 0 Å². The van der Waals surface area contributed by atoms with E-state index in [-0.39, 0.29) is 5.91 Å². The van der Waals surface area contributed by atoms with E-state index < -0.39 is 0 Å². The summed E-state index contributed by atoms with van der Waals surface area (Å²) in [4.78, 5) is 11.9. The van der Waals surface area contributed by atoms with Gasteiger partial charge in [0, 0.05) is 15.3 Å². The Morgan fingerprint density at radius 2 is 1.91 bits per heavy atom. The highest BCUT2D eigenvalue weighted by Gasteiger charge is 2.04. The van der Waals surface area contributed by atoms with Crippen LogP contribution in [0.4, 0.5) is 5.69 Å². The number of halogens is 1. The van der Waals surface area contributed by atoms with Crippen molar-refractivity contribution in [3.63, 3.8) is 0 Å². The maximum Gasteiger partial charge on any atom is 0.248 e. The number of rotatable bonds is 6. The van der Waals surface area contributed by atoms with E-state index in [1.165, 1.54) is 6.08 Å². The van der Waals surface area contributed by atoms with Gasteiger partial charge in [0.25, 0.3) is 0 Å². The third-order valence-corrected chi connectivity index (χ3v) is 3.75. The van der Waals surface area contributed by atoms with Gasteiger partial charge in [0.15, 0.2) is 11.5 Å². The van der Waals surface area contributed by atoms with Crippen LogP contribution in [0.15, 0.2) is 48.5 Å². The number of nitrogens with one attached hydrogen (secondary N) is 1. The van der Waals surface area contributed by atoms with Crippen LogP contribution in [-0.4, -0.2) is 19.6 Å². The van der Waals surface area contributed by atoms with Crippen molar-refractivity contribution >= 4 is 40.3 Å². The smallest absolute Gasteiger partial charge is 0.248 e. The Labute approximate surface area is 149 Å². The summed E-state index contributed by atoms with van der Waals surface area (Å²) >= 11 is 2.22. The predicted molar refractivity (Wildman–Crippen MR) is 101 cm³/mol. The highest BCUT2D eigenvalue weighted by molar-refractivity contribution is 14.1. The van der Waals surface area contributed by atoms with Crippen LogP contribution >= 0.6 is 22.6 Å². The molecule has 1 amide bonds. The summed E-state index contributed by atoms with van der Waals surface area (Å²) in [5, 5.41) is 2.81. The van der Waals surface area contributed by atoms with Gasteiger partial charge < -0.3 is 14.8 Å². The van der Waals surface area contributed by atoms with Crippen molar-refractivity contribution < 1.29 is 14.3 Å². The number of methoxy groups -OCH3 is 1. The molecule has 0 aliphatic carbocycles. The van der Waals surface area contributed by atoms with E-state index in [0.29, 0.717) is 18.1 Å². The molecular weight excluding hydrogens is 405 g/mol. The zero-order valence-electron chi connectivity index (χ0n) is 13.0. The Morgan fingerprint density at radius 3 is 2.57 bits per heavy atom. The lowest BCUT2D eigenvalue weighted by molar-refractivity contribution is -0.111. The van der Waals surface area contributed by atoms with Crippen LogP contribution in [0, 0.1) is 3.57 Å². The summed E-state index contributed by atoms with van der Waals surface area (Å²) < 4.78 is 11.9. The minimum atomic E-state index is -0.181. The molecule has 0 aromatic heterocycles. The summed E-state index contributed by atoms with van der Waals surface area (Å²) in [6.07, 6.45) is 3.23. The molecule has 0 saturated carbocycles. The van der Waals surface area contributed by atoms with Crippen LogP contribution in [0.3, 0.4) is 0 Å². The molecule has 2 rings (SSSR count). The molecule has 0 spiro atoms. The van der Waals surface area contributed by atoms with Crippen molar-refractivity contribution in [1.29, 1.82) is 0 Å². The van der Waals surface area contributed by atoms with E-state index in [4.69, 9.17) is 9.47 Å². The summed E-state index contributed by atoms with van der Waals surface area (Å²) in [5.41, 5.74) is 1.63. The second-order valence-corrected chi connectivity index (χ2v) is 5.92. The Bertz CT molecular complexity index is 696. The van der Waals surface area contributed by atoms with Gasteiger partial charge in [-0.05, 0) is 77.6 Å². The molecule has 0 bridgehead atoms. The Balaban J connectivity index is 2.04. The molecule has 0 unspecified atom stereocenters. The number of hydrogen-bond acceptors (Lipinski definition) is 3. The average molecular weight is 423 g/mol. The largest absolute Gasteiger partial charge is 0.493 e. The topological polar surface area (TPSA) is 47.6 Å². The third kappa shape index (κ3) is 5.28. The number of ether oxygens (including phenoxy) is 2. The van der Waals surface area contributed by atoms with Gasteiger partial charge >= 0.3 is 0 Å². The van der Waals surface area contributed by atoms with Gasteiger partial charge in [-0.25, -0.2) is 0 Å². The number of anilines is 1. The molecule has 0 radical (unpaired) electrons. The van der Waals surface area contributed by atoms with Gasteiger partial charge in [-0.3, -0.25) is 4.79 Å². The predicted octanol–water partition coefficient (Wildman–Crippen LogP) is 4.35. The average Bonchev–Trinajstić information content (AvgIpc) is 2.56. The SMILES string of the molecule is CCOc1ccc(/C=C/C(=O)Nc2ccc(I)cc2)cc1OC. The maximum absolute atomic E-state index is 11.9. The van der Waals surface area contributed by atoms with Gasteiger partial charge in [0.2, 0.25) is 5.91 Å². The highest BCUT2D eigenvalue weighted by Crippen LogP contribution is 2.28. The Kier molecular flexibility index (Phi) is 6.46. The first kappa shape index (κ1) is 17.3. The third-order valence-electron chi connectivity index (χ3n) is 3.03. The number of carbonyl (C=O) groups is 1. The van der Waals surface area contributed by atoms with Crippen molar-refractivity contribution in [3.05, 3.63) is 57.7 Å². The summed E-state index contributed by atoms with van der Waals surface area (Å²) in [7, 11) is 1.59. The fourth-order valence-electron chi connectivity index (χ4n) is 1.95. The minimum absolute atomic E-state index is 0.181. The van der Waals surface area contributed by atoms with E-state index in [0.717, 1.165) is 14.8 Å². The van der Waals surface area contributed by atoms with Crippen LogP contribution in [0.25, 0.3) is 6.08 Å². The molecule has 23 heavy (non-hydrogen) atoms. The first-order valence-electron chi connectivity index (χ1n) is 7.18. The van der Waals surface area contributed by atoms with E-state index in [2.05, 4.69) is 27.9 Å². The quantitative estimate of drug-likeness (QED) is 0.555. The lowest BCUT2D eigenvalue weighted by Gasteiger charge is -2.09. The molecule has 0 fully saturated rings. The standard InChI is InChI=1S/C18H18INO3/c1-3-23-16-10-4-13(12-17(16)22-2)5-11-18(21)20-15-8-6-14(19)7-9-15/h4-12H,3H2,1-2H3,(H,20,21)/b11-5+. The zero-order valence-corrected chi connectivity index (χ0v) is 15.2. The van der Waals surface area contributed by atoms with Crippen molar-refractivity contribution in [2.45, 2.75) is 6.92 Å². The molecule has 4 nitrogen and oxygen atoms in total. The van der Waals surface area contributed by atoms with Crippen molar-refractivity contribution in [3.8, 4) is 11.5 Å². The lowest BCUT2D eigenvalue weighted by Crippen LogP contribution is -2.07. The molecule has 0 aliphatic heterocycles. The first-order valence-corrected chi connectivity index (χ1v) is 8.25. The van der Waals surface area contributed by atoms with Crippen LogP contribution in [0.5, 0.6) is 11.5 Å². The second-order valence-electron chi connectivity index (χ2n) is 4.67. The summed E-state index contributed by atoms with van der Waals surface area (Å²) in [6, 6.07) is 13.2. The van der Waals surface area contributed by atoms with Gasteiger partial charge in [-0.1, -0.05) is 6.07 Å². The fourth-order valence-corrected chi connectivity index (χ4v) is 2.31. The Morgan fingerprint density at radius 1 is 1.17 bits per heavy atom. The van der Waals surface area contributed by atoms with Crippen LogP contribution in [0.1, 0.15) is 12.5 Å². The lowest BCUT2D eigenvalue weighted by atomic mass is 10.2. The summed E-state index contributed by atoms with van der Waals surface area (Å²) in [6.45, 7) is 2.49. The molecule has 2 aromatic carbocycles. The van der Waals surface area contributed by atoms with Gasteiger partial charge in [0.05, 0.1) is 13.7 Å². The first-order chi connectivity index (χ1) is 11.1. The highest BCUT2D eigenvalue weighted by atomic mass is 127. The number of benzene rings is 2. The number of amides is 1. The molecule has 0 atom stereocenters. The molecule has 5 heteroatoms. The molecule has 0 heterocycles. The number of carbonyl (C=O) groups excluding carboxylic acids is 1. The van der Waals surface area contributed by atoms with Crippen LogP contribution in [-0.2, 0) is 4.79 Å². The normalized spacial score (nSPS) is 10.6. The van der Waals surface area contributed by atoms with Crippen molar-refractivity contribution in [2.75, 3.05) is 19.0 Å². The molecule has 120 valence electrons. The molecule has 1 N–H and O–H groups in total. The molecule has 0 saturated heterocycles. The monoisotopic (exact) mass is 423 g/mol. The van der Waals surface area contributed by atoms with Crippen LogP contribution in [0.2, 0.25) is 0 Å². The Hall–Kier alpha value is -2.02.